The third-order valence-corrected chi connectivity index (χ3v) is 5.17. The Bertz CT molecular complexity index is 1110. The number of carboxylic acids is 1. The van der Waals surface area contributed by atoms with E-state index in [0.29, 0.717) is 4.83 Å². The van der Waals surface area contributed by atoms with Crippen LogP contribution in [0.4, 0.5) is 0 Å². The fourth-order valence-corrected chi connectivity index (χ4v) is 3.89. The first kappa shape index (κ1) is 18.6. The molecule has 0 aliphatic heterocycles. The molecule has 0 spiro atoms. The number of hydrogen-bond acceptors (Lipinski definition) is 4. The molecule has 0 saturated heterocycles. The molecule has 0 amide bonds. The van der Waals surface area contributed by atoms with Crippen LogP contribution in [0.5, 0.6) is 0 Å². The molecule has 2 heterocycles. The van der Waals surface area contributed by atoms with Crippen molar-refractivity contribution in [3.63, 3.8) is 0 Å². The highest BCUT2D eigenvalue weighted by Crippen LogP contribution is 2.30. The highest BCUT2D eigenvalue weighted by molar-refractivity contribution is 7.16. The van der Waals surface area contributed by atoms with Crippen molar-refractivity contribution in [3.05, 3.63) is 92.9 Å². The summed E-state index contributed by atoms with van der Waals surface area (Å²) in [6.45, 7) is 3.63. The molecule has 0 aromatic carbocycles. The lowest BCUT2D eigenvalue weighted by Gasteiger charge is -2.26. The average Bonchev–Trinajstić information content (AvgIpc) is 3.05. The van der Waals surface area contributed by atoms with Crippen LogP contribution in [-0.4, -0.2) is 20.6 Å². The van der Waals surface area contributed by atoms with Gasteiger partial charge in [-0.3, -0.25) is 9.59 Å². The quantitative estimate of drug-likeness (QED) is 0.749. The Morgan fingerprint density at radius 3 is 2.81 bits per heavy atom. The number of allylic oxidation sites excluding steroid dienone is 9. The van der Waals surface area contributed by atoms with E-state index in [1.807, 2.05) is 42.5 Å². The van der Waals surface area contributed by atoms with Crippen molar-refractivity contribution in [2.45, 2.75) is 12.5 Å². The first-order valence-corrected chi connectivity index (χ1v) is 9.15. The first-order valence-electron chi connectivity index (χ1n) is 8.33. The van der Waals surface area contributed by atoms with E-state index in [2.05, 4.69) is 11.6 Å². The Morgan fingerprint density at radius 1 is 1.33 bits per heavy atom. The van der Waals surface area contributed by atoms with Crippen molar-refractivity contribution in [2.24, 2.45) is 5.92 Å². The minimum atomic E-state index is -1.32. The lowest BCUT2D eigenvalue weighted by molar-refractivity contribution is 0.0694. The van der Waals surface area contributed by atoms with Crippen molar-refractivity contribution >= 4 is 27.7 Å². The Morgan fingerprint density at radius 2 is 2.15 bits per heavy atom. The van der Waals surface area contributed by atoms with Gasteiger partial charge in [0.05, 0.1) is 6.04 Å². The number of H-pyrrole nitrogens is 1. The summed E-state index contributed by atoms with van der Waals surface area (Å²) in [4.78, 5) is 38.4. The smallest absolute Gasteiger partial charge is 0.341 e. The Kier molecular flexibility index (Phi) is 5.52. The SMILES string of the molecule is C=C/C=C\C=C\C(C1C=CC=CC1)n1cc(C(=O)O)c(=O)c2[nH]c(=O)sc21. The van der Waals surface area contributed by atoms with Gasteiger partial charge in [0.15, 0.2) is 0 Å². The number of aromatic carboxylic acids is 1. The van der Waals surface area contributed by atoms with E-state index in [1.54, 1.807) is 16.7 Å². The molecule has 3 rings (SSSR count). The fourth-order valence-electron chi connectivity index (χ4n) is 3.04. The van der Waals surface area contributed by atoms with Gasteiger partial charge >= 0.3 is 10.8 Å². The van der Waals surface area contributed by atoms with Crippen molar-refractivity contribution in [1.29, 1.82) is 0 Å². The number of carboxylic acid groups (broad SMARTS) is 1. The van der Waals surface area contributed by atoms with Crippen LogP contribution < -0.4 is 10.3 Å². The molecular formula is C20H18N2O4S. The van der Waals surface area contributed by atoms with E-state index in [-0.39, 0.29) is 23.0 Å². The van der Waals surface area contributed by atoms with Gasteiger partial charge < -0.3 is 14.7 Å². The van der Waals surface area contributed by atoms with Gasteiger partial charge in [0.1, 0.15) is 15.9 Å². The van der Waals surface area contributed by atoms with Gasteiger partial charge in [-0.25, -0.2) is 4.79 Å². The Hall–Kier alpha value is -3.19. The molecule has 2 N–H and O–H groups in total. The number of hydrogen-bond donors (Lipinski definition) is 2. The molecule has 2 aromatic heterocycles. The predicted molar refractivity (Wildman–Crippen MR) is 108 cm³/mol. The van der Waals surface area contributed by atoms with Crippen LogP contribution >= 0.6 is 11.3 Å². The maximum absolute atomic E-state index is 12.4. The van der Waals surface area contributed by atoms with Crippen molar-refractivity contribution in [2.75, 3.05) is 0 Å². The highest BCUT2D eigenvalue weighted by atomic mass is 32.1. The molecular weight excluding hydrogens is 364 g/mol. The topological polar surface area (TPSA) is 92.2 Å². The van der Waals surface area contributed by atoms with Crippen LogP contribution in [0, 0.1) is 5.92 Å². The third kappa shape index (κ3) is 3.83. The monoisotopic (exact) mass is 382 g/mol. The van der Waals surface area contributed by atoms with Crippen LogP contribution in [-0.2, 0) is 0 Å². The molecule has 2 atom stereocenters. The number of thiazole rings is 1. The summed E-state index contributed by atoms with van der Waals surface area (Å²) in [6.07, 6.45) is 19.1. The molecule has 27 heavy (non-hydrogen) atoms. The Labute approximate surface area is 158 Å². The summed E-state index contributed by atoms with van der Waals surface area (Å²) in [5.74, 6) is -1.27. The summed E-state index contributed by atoms with van der Waals surface area (Å²) in [6, 6.07) is -0.270. The lowest BCUT2D eigenvalue weighted by atomic mass is 9.91. The van der Waals surface area contributed by atoms with Gasteiger partial charge in [0, 0.05) is 12.1 Å². The number of fused-ring (bicyclic) bond motifs is 1. The molecule has 0 radical (unpaired) electrons. The summed E-state index contributed by atoms with van der Waals surface area (Å²) in [5, 5.41) is 9.43. The van der Waals surface area contributed by atoms with Crippen molar-refractivity contribution in [3.8, 4) is 0 Å². The maximum Gasteiger partial charge on any atom is 0.341 e. The number of nitrogens with one attached hydrogen (secondary N) is 1. The number of carbonyl (C=O) groups is 1. The third-order valence-electron chi connectivity index (χ3n) is 4.28. The zero-order valence-electron chi connectivity index (χ0n) is 14.4. The molecule has 7 heteroatoms. The number of nitrogens with zero attached hydrogens (tertiary/aromatic N) is 1. The number of aromatic nitrogens is 2. The van der Waals surface area contributed by atoms with Gasteiger partial charge in [-0.2, -0.15) is 0 Å². The molecule has 0 bridgehead atoms. The van der Waals surface area contributed by atoms with Gasteiger partial charge in [0.2, 0.25) is 5.43 Å². The highest BCUT2D eigenvalue weighted by Gasteiger charge is 2.24. The largest absolute Gasteiger partial charge is 0.477 e. The van der Waals surface area contributed by atoms with Gasteiger partial charge in [-0.05, 0) is 6.42 Å². The second kappa shape index (κ2) is 8.01. The summed E-state index contributed by atoms with van der Waals surface area (Å²) >= 11 is 0.898. The molecule has 6 nitrogen and oxygen atoms in total. The minimum absolute atomic E-state index is 0.0280. The molecule has 2 aromatic rings. The number of aromatic amines is 1. The van der Waals surface area contributed by atoms with E-state index >= 15 is 0 Å². The number of pyridine rings is 1. The lowest BCUT2D eigenvalue weighted by Crippen LogP contribution is -2.23. The van der Waals surface area contributed by atoms with Gasteiger partial charge in [-0.15, -0.1) is 0 Å². The Balaban J connectivity index is 2.24. The molecule has 1 aliphatic rings. The van der Waals surface area contributed by atoms with E-state index in [9.17, 15) is 19.5 Å². The summed E-state index contributed by atoms with van der Waals surface area (Å²) in [7, 11) is 0. The van der Waals surface area contributed by atoms with Crippen LogP contribution in [0.15, 0.2) is 77.0 Å². The fraction of sp³-hybridized carbons (Fsp3) is 0.150. The average molecular weight is 382 g/mol. The van der Waals surface area contributed by atoms with E-state index < -0.39 is 16.3 Å². The van der Waals surface area contributed by atoms with Crippen LogP contribution in [0.3, 0.4) is 0 Å². The van der Waals surface area contributed by atoms with Crippen molar-refractivity contribution in [1.82, 2.24) is 9.55 Å². The standard InChI is InChI=1S/C20H18N2O4S/c1-2-3-4-8-11-15(13-9-6-5-7-10-13)22-12-14(19(24)25)17(23)16-18(22)27-20(26)21-16/h2-9,11-13,15H,1,10H2,(H,21,26)(H,24,25)/b4-3-,11-8+. The molecule has 1 aliphatic carbocycles. The molecule has 2 unspecified atom stereocenters. The van der Waals surface area contributed by atoms with Crippen LogP contribution in [0.2, 0.25) is 0 Å². The molecule has 0 saturated carbocycles. The van der Waals surface area contributed by atoms with E-state index in [1.165, 1.54) is 6.20 Å². The predicted octanol–water partition coefficient (Wildman–Crippen LogP) is 3.42. The summed E-state index contributed by atoms with van der Waals surface area (Å²) < 4.78 is 1.70. The zero-order chi connectivity index (χ0) is 19.4. The second-order valence-corrected chi connectivity index (χ2v) is 6.95. The van der Waals surface area contributed by atoms with Gasteiger partial charge in [-0.1, -0.05) is 72.6 Å². The van der Waals surface area contributed by atoms with E-state index in [0.717, 1.165) is 17.8 Å². The molecule has 138 valence electrons. The van der Waals surface area contributed by atoms with Crippen LogP contribution in [0.25, 0.3) is 10.3 Å². The first-order chi connectivity index (χ1) is 13.0. The molecule has 0 fully saturated rings. The van der Waals surface area contributed by atoms with Crippen molar-refractivity contribution < 1.29 is 9.90 Å². The number of rotatable bonds is 6. The van der Waals surface area contributed by atoms with Gasteiger partial charge in [0.25, 0.3) is 0 Å². The zero-order valence-corrected chi connectivity index (χ0v) is 15.2. The normalized spacial score (nSPS) is 17.9. The second-order valence-electron chi connectivity index (χ2n) is 5.99. The van der Waals surface area contributed by atoms with E-state index in [4.69, 9.17) is 0 Å². The maximum atomic E-state index is 12.4. The summed E-state index contributed by atoms with van der Waals surface area (Å²) in [5.41, 5.74) is -1.02. The van der Waals surface area contributed by atoms with Crippen LogP contribution in [0.1, 0.15) is 22.8 Å². The minimum Gasteiger partial charge on any atom is -0.477 e.